The average Bonchev–Trinajstić information content (AvgIpc) is 3.29. The molecule has 2 amide bonds. The van der Waals surface area contributed by atoms with Crippen molar-refractivity contribution in [1.29, 1.82) is 0 Å². The molecule has 1 aliphatic heterocycles. The summed E-state index contributed by atoms with van der Waals surface area (Å²) in [5.41, 5.74) is 2.34. The standard InChI is InChI=1S/C27H26Cl2N2O3/c1-17-3-5-19(6-4-17)26(32)30-24(27(33)31-13-11-18(2)12-14-31)16-21-8-10-25(34-21)22-15-20(28)7-9-23(22)29/h3-10,15-16,18H,11-14H2,1-2H3,(H,30,32). The minimum Gasteiger partial charge on any atom is -0.457 e. The highest BCUT2D eigenvalue weighted by Gasteiger charge is 2.25. The number of carbonyl (C=O) groups is 2. The normalized spacial score (nSPS) is 14.8. The van der Waals surface area contributed by atoms with Crippen LogP contribution in [0.2, 0.25) is 10.0 Å². The number of carbonyl (C=O) groups excluding carboxylic acids is 2. The Kier molecular flexibility index (Phi) is 7.44. The molecule has 0 atom stereocenters. The van der Waals surface area contributed by atoms with Crippen molar-refractivity contribution in [3.8, 4) is 11.3 Å². The lowest BCUT2D eigenvalue weighted by molar-refractivity contribution is -0.128. The molecule has 1 aromatic heterocycles. The number of amides is 2. The van der Waals surface area contributed by atoms with Crippen LogP contribution in [0, 0.1) is 12.8 Å². The summed E-state index contributed by atoms with van der Waals surface area (Å²) < 4.78 is 5.95. The maximum Gasteiger partial charge on any atom is 0.270 e. The molecule has 1 fully saturated rings. The number of rotatable bonds is 5. The van der Waals surface area contributed by atoms with Crippen LogP contribution in [0.25, 0.3) is 17.4 Å². The first kappa shape index (κ1) is 24.1. The molecule has 34 heavy (non-hydrogen) atoms. The number of hydrogen-bond donors (Lipinski definition) is 1. The topological polar surface area (TPSA) is 62.6 Å². The van der Waals surface area contributed by atoms with E-state index in [0.29, 0.717) is 51.7 Å². The molecule has 0 unspecified atom stereocenters. The molecule has 4 rings (SSSR count). The fourth-order valence-electron chi connectivity index (χ4n) is 3.84. The zero-order valence-corrected chi connectivity index (χ0v) is 20.6. The van der Waals surface area contributed by atoms with E-state index in [-0.39, 0.29) is 17.5 Å². The molecule has 2 aromatic carbocycles. The first-order valence-electron chi connectivity index (χ1n) is 11.2. The van der Waals surface area contributed by atoms with Gasteiger partial charge in [-0.25, -0.2) is 0 Å². The number of nitrogens with zero attached hydrogens (tertiary/aromatic N) is 1. The van der Waals surface area contributed by atoms with Crippen molar-refractivity contribution in [1.82, 2.24) is 10.2 Å². The van der Waals surface area contributed by atoms with Gasteiger partial charge in [-0.3, -0.25) is 9.59 Å². The van der Waals surface area contributed by atoms with Crippen molar-refractivity contribution in [2.75, 3.05) is 13.1 Å². The molecule has 3 aromatic rings. The number of benzene rings is 2. The lowest BCUT2D eigenvalue weighted by Gasteiger charge is -2.31. The van der Waals surface area contributed by atoms with Crippen molar-refractivity contribution in [2.45, 2.75) is 26.7 Å². The van der Waals surface area contributed by atoms with Gasteiger partial charge in [-0.15, -0.1) is 0 Å². The van der Waals surface area contributed by atoms with Crippen LogP contribution in [-0.2, 0) is 4.79 Å². The molecule has 1 saturated heterocycles. The van der Waals surface area contributed by atoms with Crippen LogP contribution in [0.3, 0.4) is 0 Å². The van der Waals surface area contributed by atoms with Crippen LogP contribution in [0.15, 0.2) is 64.7 Å². The summed E-state index contributed by atoms with van der Waals surface area (Å²) in [6.07, 6.45) is 3.43. The molecule has 5 nitrogen and oxygen atoms in total. The van der Waals surface area contributed by atoms with E-state index in [1.165, 1.54) is 0 Å². The number of furan rings is 1. The second-order valence-electron chi connectivity index (χ2n) is 8.68. The van der Waals surface area contributed by atoms with E-state index in [0.717, 1.165) is 18.4 Å². The van der Waals surface area contributed by atoms with Gasteiger partial charge in [0, 0.05) is 35.3 Å². The number of hydrogen-bond acceptors (Lipinski definition) is 3. The zero-order valence-electron chi connectivity index (χ0n) is 19.1. The van der Waals surface area contributed by atoms with Crippen molar-refractivity contribution >= 4 is 41.1 Å². The van der Waals surface area contributed by atoms with Gasteiger partial charge in [-0.1, -0.05) is 47.8 Å². The Morgan fingerprint density at radius 2 is 1.74 bits per heavy atom. The van der Waals surface area contributed by atoms with Crippen molar-refractivity contribution in [3.63, 3.8) is 0 Å². The Hall–Kier alpha value is -3.02. The number of nitrogens with one attached hydrogen (secondary N) is 1. The van der Waals surface area contributed by atoms with Gasteiger partial charge >= 0.3 is 0 Å². The Bertz CT molecular complexity index is 1220. The molecular formula is C27H26Cl2N2O3. The van der Waals surface area contributed by atoms with Crippen molar-refractivity contribution < 1.29 is 14.0 Å². The van der Waals surface area contributed by atoms with Crippen LogP contribution < -0.4 is 5.32 Å². The summed E-state index contributed by atoms with van der Waals surface area (Å²) in [6.45, 7) is 5.44. The van der Waals surface area contributed by atoms with Gasteiger partial charge in [0.05, 0.1) is 5.02 Å². The second-order valence-corrected chi connectivity index (χ2v) is 9.52. The summed E-state index contributed by atoms with van der Waals surface area (Å²) in [6, 6.07) is 15.8. The van der Waals surface area contributed by atoms with Gasteiger partial charge < -0.3 is 14.6 Å². The van der Waals surface area contributed by atoms with E-state index >= 15 is 0 Å². The van der Waals surface area contributed by atoms with E-state index in [1.807, 2.05) is 19.1 Å². The molecule has 1 N–H and O–H groups in total. The minimum atomic E-state index is -0.352. The van der Waals surface area contributed by atoms with E-state index in [4.69, 9.17) is 27.6 Å². The van der Waals surface area contributed by atoms with Gasteiger partial charge in [-0.05, 0) is 68.1 Å². The third-order valence-corrected chi connectivity index (χ3v) is 6.54. The fraction of sp³-hybridized carbons (Fsp3) is 0.259. The van der Waals surface area contributed by atoms with Gasteiger partial charge in [0.2, 0.25) is 0 Å². The quantitative estimate of drug-likeness (QED) is 0.405. The van der Waals surface area contributed by atoms with E-state index < -0.39 is 0 Å². The van der Waals surface area contributed by atoms with E-state index in [1.54, 1.807) is 53.4 Å². The van der Waals surface area contributed by atoms with E-state index in [9.17, 15) is 9.59 Å². The Labute approximate surface area is 209 Å². The first-order valence-corrected chi connectivity index (χ1v) is 12.0. The average molecular weight is 497 g/mol. The summed E-state index contributed by atoms with van der Waals surface area (Å²) in [7, 11) is 0. The Balaban J connectivity index is 1.64. The number of halogens is 2. The molecule has 2 heterocycles. The molecule has 0 aliphatic carbocycles. The SMILES string of the molecule is Cc1ccc(C(=O)NC(=Cc2ccc(-c3cc(Cl)ccc3Cl)o2)C(=O)N2CCC(C)CC2)cc1. The van der Waals surface area contributed by atoms with E-state index in [2.05, 4.69) is 12.2 Å². The highest BCUT2D eigenvalue weighted by atomic mass is 35.5. The van der Waals surface area contributed by atoms with Crippen molar-refractivity contribution in [2.24, 2.45) is 5.92 Å². The summed E-state index contributed by atoms with van der Waals surface area (Å²) in [4.78, 5) is 28.1. The molecule has 0 bridgehead atoms. The lowest BCUT2D eigenvalue weighted by atomic mass is 9.99. The minimum absolute atomic E-state index is 0.165. The highest BCUT2D eigenvalue weighted by Crippen LogP contribution is 2.32. The molecule has 0 radical (unpaired) electrons. The highest BCUT2D eigenvalue weighted by molar-refractivity contribution is 6.35. The van der Waals surface area contributed by atoms with Gasteiger partial charge in [0.1, 0.15) is 17.2 Å². The van der Waals surface area contributed by atoms with Crippen LogP contribution in [-0.4, -0.2) is 29.8 Å². The molecule has 0 saturated carbocycles. The third kappa shape index (κ3) is 5.72. The summed E-state index contributed by atoms with van der Waals surface area (Å²) >= 11 is 12.4. The summed E-state index contributed by atoms with van der Waals surface area (Å²) in [5.74, 6) is 0.931. The number of aryl methyl sites for hydroxylation is 1. The van der Waals surface area contributed by atoms with Crippen LogP contribution in [0.1, 0.15) is 41.4 Å². The smallest absolute Gasteiger partial charge is 0.270 e. The third-order valence-electron chi connectivity index (χ3n) is 5.97. The maximum atomic E-state index is 13.4. The van der Waals surface area contributed by atoms with Crippen molar-refractivity contribution in [3.05, 3.63) is 87.2 Å². The number of piperidine rings is 1. The van der Waals surface area contributed by atoms with Crippen LogP contribution >= 0.6 is 23.2 Å². The molecule has 7 heteroatoms. The predicted molar refractivity (Wildman–Crippen MR) is 136 cm³/mol. The second kappa shape index (κ2) is 10.5. The first-order chi connectivity index (χ1) is 16.3. The largest absolute Gasteiger partial charge is 0.457 e. The number of likely N-dealkylation sites (tertiary alicyclic amines) is 1. The van der Waals surface area contributed by atoms with Crippen LogP contribution in [0.4, 0.5) is 0 Å². The molecular weight excluding hydrogens is 471 g/mol. The molecule has 0 spiro atoms. The maximum absolute atomic E-state index is 13.4. The monoisotopic (exact) mass is 496 g/mol. The Morgan fingerprint density at radius 1 is 1.03 bits per heavy atom. The molecule has 1 aliphatic rings. The lowest BCUT2D eigenvalue weighted by Crippen LogP contribution is -2.42. The Morgan fingerprint density at radius 3 is 2.44 bits per heavy atom. The van der Waals surface area contributed by atoms with Gasteiger partial charge in [0.15, 0.2) is 0 Å². The van der Waals surface area contributed by atoms with Crippen LogP contribution in [0.5, 0.6) is 0 Å². The van der Waals surface area contributed by atoms with Gasteiger partial charge in [0.25, 0.3) is 11.8 Å². The predicted octanol–water partition coefficient (Wildman–Crippen LogP) is 6.59. The molecule has 176 valence electrons. The van der Waals surface area contributed by atoms with Gasteiger partial charge in [-0.2, -0.15) is 0 Å². The summed E-state index contributed by atoms with van der Waals surface area (Å²) in [5, 5.41) is 3.84. The zero-order chi connectivity index (χ0) is 24.2. The fourth-order valence-corrected chi connectivity index (χ4v) is 4.22.